The maximum Gasteiger partial charge on any atom is 0.332 e. The average Bonchev–Trinajstić information content (AvgIpc) is 2.92. The molecule has 2 N–H and O–H groups in total. The van der Waals surface area contributed by atoms with Crippen molar-refractivity contribution in [2.45, 2.75) is 36.1 Å². The predicted molar refractivity (Wildman–Crippen MR) is 110 cm³/mol. The van der Waals surface area contributed by atoms with Crippen LogP contribution in [0.5, 0.6) is 0 Å². The molecule has 0 spiro atoms. The number of rotatable bonds is 8. The van der Waals surface area contributed by atoms with E-state index in [4.69, 9.17) is 9.47 Å². The molecule has 0 aliphatic carbocycles. The van der Waals surface area contributed by atoms with Gasteiger partial charge in [-0.15, -0.1) is 11.8 Å². The molecule has 2 amide bonds. The van der Waals surface area contributed by atoms with Gasteiger partial charge in [-0.05, 0) is 26.0 Å². The zero-order valence-electron chi connectivity index (χ0n) is 16.7. The van der Waals surface area contributed by atoms with Crippen LogP contribution in [0.15, 0.2) is 30.3 Å². The molecule has 12 heteroatoms. The molecule has 3 atom stereocenters. The topological polar surface area (TPSA) is 131 Å². The predicted octanol–water partition coefficient (Wildman–Crippen LogP) is 0.123. The van der Waals surface area contributed by atoms with Gasteiger partial charge in [-0.2, -0.15) is 4.72 Å². The zero-order valence-corrected chi connectivity index (χ0v) is 18.3. The number of esters is 1. The smallest absolute Gasteiger partial charge is 0.332 e. The van der Waals surface area contributed by atoms with Crippen LogP contribution in [0, 0.1) is 0 Å². The van der Waals surface area contributed by atoms with Gasteiger partial charge in [0.25, 0.3) is 0 Å². The van der Waals surface area contributed by atoms with E-state index in [-0.39, 0.29) is 6.79 Å². The number of ether oxygens (including phenoxy) is 2. The second kappa shape index (κ2) is 8.53. The van der Waals surface area contributed by atoms with E-state index in [2.05, 4.69) is 10.0 Å². The van der Waals surface area contributed by atoms with Crippen molar-refractivity contribution < 1.29 is 32.3 Å². The van der Waals surface area contributed by atoms with E-state index < -0.39 is 55.8 Å². The summed E-state index contributed by atoms with van der Waals surface area (Å²) >= 11 is 1.30. The third-order valence-corrected chi connectivity index (χ3v) is 7.50. The molecule has 0 bridgehead atoms. The number of hydrogen-bond acceptors (Lipinski definition) is 8. The Labute approximate surface area is 178 Å². The van der Waals surface area contributed by atoms with Crippen molar-refractivity contribution in [3.63, 3.8) is 0 Å². The monoisotopic (exact) mass is 457 g/mol. The number of benzene rings is 1. The molecule has 1 aromatic carbocycles. The van der Waals surface area contributed by atoms with E-state index in [9.17, 15) is 22.8 Å². The number of sulfonamides is 1. The number of fused-ring (bicyclic) bond motifs is 1. The van der Waals surface area contributed by atoms with Crippen LogP contribution >= 0.6 is 11.8 Å². The first kappa shape index (κ1) is 22.5. The highest BCUT2D eigenvalue weighted by atomic mass is 32.2. The second-order valence-corrected chi connectivity index (χ2v) is 10.9. The molecule has 0 radical (unpaired) electrons. The molecular weight excluding hydrogens is 434 g/mol. The van der Waals surface area contributed by atoms with Crippen molar-refractivity contribution >= 4 is 45.3 Å². The fourth-order valence-electron chi connectivity index (χ4n) is 3.42. The Kier molecular flexibility index (Phi) is 6.41. The third-order valence-electron chi connectivity index (χ3n) is 4.67. The lowest BCUT2D eigenvalue weighted by Crippen LogP contribution is -2.71. The Morgan fingerprint density at radius 3 is 2.53 bits per heavy atom. The van der Waals surface area contributed by atoms with E-state index in [1.54, 1.807) is 44.2 Å². The van der Waals surface area contributed by atoms with Crippen LogP contribution in [0.3, 0.4) is 0 Å². The van der Waals surface area contributed by atoms with E-state index in [1.807, 2.05) is 0 Å². The highest BCUT2D eigenvalue weighted by Gasteiger charge is 2.64. The quantitative estimate of drug-likeness (QED) is 0.320. The highest BCUT2D eigenvalue weighted by Crippen LogP contribution is 2.51. The first-order valence-electron chi connectivity index (χ1n) is 9.06. The Bertz CT molecular complexity index is 936. The van der Waals surface area contributed by atoms with Gasteiger partial charge in [0.2, 0.25) is 21.8 Å². The molecule has 1 aromatic rings. The van der Waals surface area contributed by atoms with Gasteiger partial charge in [-0.1, -0.05) is 18.2 Å². The van der Waals surface area contributed by atoms with Gasteiger partial charge in [0.15, 0.2) is 6.79 Å². The maximum atomic E-state index is 12.6. The number of nitrogens with one attached hydrogen (secondary N) is 2. The van der Waals surface area contributed by atoms with Crippen molar-refractivity contribution in [2.24, 2.45) is 0 Å². The molecule has 2 aliphatic rings. The summed E-state index contributed by atoms with van der Waals surface area (Å²) in [5.74, 6) is -2.71. The van der Waals surface area contributed by atoms with Gasteiger partial charge in [-0.3, -0.25) is 9.59 Å². The van der Waals surface area contributed by atoms with Crippen molar-refractivity contribution in [2.75, 3.05) is 25.0 Å². The van der Waals surface area contributed by atoms with E-state index >= 15 is 0 Å². The highest BCUT2D eigenvalue weighted by molar-refractivity contribution is 8.01. The van der Waals surface area contributed by atoms with Crippen molar-refractivity contribution in [3.05, 3.63) is 30.3 Å². The molecule has 3 rings (SSSR count). The van der Waals surface area contributed by atoms with E-state index in [0.29, 0.717) is 5.69 Å². The molecule has 0 saturated carbocycles. The van der Waals surface area contributed by atoms with Crippen LogP contribution in [0.2, 0.25) is 0 Å². The molecule has 30 heavy (non-hydrogen) atoms. The van der Waals surface area contributed by atoms with Crippen molar-refractivity contribution in [1.82, 2.24) is 9.62 Å². The number of para-hydroxylation sites is 1. The lowest BCUT2D eigenvalue weighted by molar-refractivity contribution is -0.170. The molecule has 2 saturated heterocycles. The second-order valence-electron chi connectivity index (χ2n) is 7.40. The van der Waals surface area contributed by atoms with Crippen LogP contribution in [0.4, 0.5) is 5.69 Å². The zero-order chi connectivity index (χ0) is 22.1. The number of carbonyl (C=O) groups is 3. The van der Waals surface area contributed by atoms with Crippen molar-refractivity contribution in [1.29, 1.82) is 0 Å². The van der Waals surface area contributed by atoms with E-state index in [1.165, 1.54) is 23.8 Å². The number of hydrogen-bond donors (Lipinski definition) is 2. The molecule has 2 fully saturated rings. The third kappa shape index (κ3) is 4.61. The Morgan fingerprint density at radius 2 is 1.90 bits per heavy atom. The Hall–Kier alpha value is -2.15. The maximum absolute atomic E-state index is 12.6. The number of β-lactam (4-membered cyclic amide) rings is 1. The number of amides is 2. The van der Waals surface area contributed by atoms with Crippen LogP contribution in [0.25, 0.3) is 0 Å². The lowest BCUT2D eigenvalue weighted by atomic mass is 9.96. The first-order valence-corrected chi connectivity index (χ1v) is 11.6. The minimum absolute atomic E-state index is 0.241. The van der Waals surface area contributed by atoms with Crippen LogP contribution in [0.1, 0.15) is 13.8 Å². The normalized spacial score (nSPS) is 24.7. The summed E-state index contributed by atoms with van der Waals surface area (Å²) < 4.78 is 36.2. The first-order chi connectivity index (χ1) is 14.1. The molecule has 2 aliphatic heterocycles. The minimum Gasteiger partial charge on any atom is -0.437 e. The SMILES string of the molecule is COCOC(=O)[C@@H]1N2C(=O)[C@@H](NS(=O)(=O)CC(=O)Nc3ccccc3)[C@H]2SC1(C)C. The number of thioether (sulfide) groups is 1. The lowest BCUT2D eigenvalue weighted by Gasteiger charge is -2.43. The molecular formula is C18H23N3O7S2. The number of carbonyl (C=O) groups excluding carboxylic acids is 3. The summed E-state index contributed by atoms with van der Waals surface area (Å²) in [5, 5.41) is 1.92. The standard InChI is InChI=1S/C18H23N3O7S2/c1-18(2)14(17(24)28-10-27-3)21-15(23)13(16(21)29-18)20-30(25,26)9-12(22)19-11-7-5-4-6-8-11/h4-8,13-14,16,20H,9-10H2,1-3H3,(H,19,22)/t13-,14+,16-/m1/s1. The summed E-state index contributed by atoms with van der Waals surface area (Å²) in [7, 11) is -2.71. The molecule has 0 aromatic heterocycles. The summed E-state index contributed by atoms with van der Waals surface area (Å²) in [6, 6.07) is 6.52. The van der Waals surface area contributed by atoms with Crippen molar-refractivity contribution in [3.8, 4) is 0 Å². The number of nitrogens with zero attached hydrogens (tertiary/aromatic N) is 1. The Balaban J connectivity index is 1.63. The van der Waals surface area contributed by atoms with Crippen LogP contribution in [-0.2, 0) is 33.9 Å². The number of methoxy groups -OCH3 is 1. The van der Waals surface area contributed by atoms with Gasteiger partial charge in [-0.25, -0.2) is 13.2 Å². The van der Waals surface area contributed by atoms with Gasteiger partial charge < -0.3 is 19.7 Å². The van der Waals surface area contributed by atoms with Gasteiger partial charge in [0, 0.05) is 17.5 Å². The van der Waals surface area contributed by atoms with Gasteiger partial charge in [0.1, 0.15) is 23.2 Å². The van der Waals surface area contributed by atoms with Crippen LogP contribution in [-0.4, -0.2) is 73.0 Å². The summed E-state index contributed by atoms with van der Waals surface area (Å²) in [6.07, 6.45) is 0. The fourth-order valence-corrected chi connectivity index (χ4v) is 6.25. The summed E-state index contributed by atoms with van der Waals surface area (Å²) in [4.78, 5) is 38.4. The molecule has 2 heterocycles. The molecule has 164 valence electrons. The van der Waals surface area contributed by atoms with Crippen LogP contribution < -0.4 is 10.0 Å². The molecule has 0 unspecified atom stereocenters. The number of anilines is 1. The minimum atomic E-state index is -4.08. The van der Waals surface area contributed by atoms with Gasteiger partial charge >= 0.3 is 5.97 Å². The average molecular weight is 458 g/mol. The Morgan fingerprint density at radius 1 is 1.23 bits per heavy atom. The van der Waals surface area contributed by atoms with E-state index in [0.717, 1.165) is 0 Å². The molecule has 10 nitrogen and oxygen atoms in total. The van der Waals surface area contributed by atoms with Gasteiger partial charge in [0.05, 0.1) is 0 Å². The summed E-state index contributed by atoms with van der Waals surface area (Å²) in [6.45, 7) is 3.32. The largest absolute Gasteiger partial charge is 0.437 e. The summed E-state index contributed by atoms with van der Waals surface area (Å²) in [5.41, 5.74) is 0.467. The fraction of sp³-hybridized carbons (Fsp3) is 0.500.